The molecule has 1 heterocycles. The summed E-state index contributed by atoms with van der Waals surface area (Å²) >= 11 is 0. The molecule has 0 aliphatic rings. The van der Waals surface area contributed by atoms with Crippen LogP contribution >= 0.6 is 0 Å². The van der Waals surface area contributed by atoms with Gasteiger partial charge in [0.2, 0.25) is 16.4 Å². The van der Waals surface area contributed by atoms with Gasteiger partial charge in [-0.2, -0.15) is 5.10 Å². The minimum atomic E-state index is -3.34. The van der Waals surface area contributed by atoms with Crippen LogP contribution in [0.25, 0.3) is 10.9 Å². The molecule has 1 aromatic heterocycles. The van der Waals surface area contributed by atoms with Crippen LogP contribution in [0.1, 0.15) is 54.0 Å². The van der Waals surface area contributed by atoms with Gasteiger partial charge in [-0.1, -0.05) is 65.5 Å². The van der Waals surface area contributed by atoms with Crippen molar-refractivity contribution >= 4 is 38.8 Å². The Labute approximate surface area is 193 Å². The fourth-order valence-corrected chi connectivity index (χ4v) is 4.51. The number of hydrogen-bond donors (Lipinski definition) is 2. The second-order valence-electron chi connectivity index (χ2n) is 6.38. The molecule has 0 atom stereocenters. The molecule has 178 valence electrons. The predicted octanol–water partition coefficient (Wildman–Crippen LogP) is 5.61. The quantitative estimate of drug-likeness (QED) is 0.425. The van der Waals surface area contributed by atoms with Gasteiger partial charge < -0.3 is 5.32 Å². The third-order valence-electron chi connectivity index (χ3n) is 4.37. The molecule has 0 bridgehead atoms. The summed E-state index contributed by atoms with van der Waals surface area (Å²) in [6.45, 7) is 10.1. The van der Waals surface area contributed by atoms with Gasteiger partial charge in [-0.05, 0) is 43.5 Å². The van der Waals surface area contributed by atoms with Crippen molar-refractivity contribution in [1.29, 1.82) is 0 Å². The van der Waals surface area contributed by atoms with E-state index in [1.54, 1.807) is 25.1 Å². The minimum absolute atomic E-state index is 0. The summed E-state index contributed by atoms with van der Waals surface area (Å²) < 4.78 is 25.9. The van der Waals surface area contributed by atoms with E-state index in [0.717, 1.165) is 11.9 Å². The first-order valence-electron chi connectivity index (χ1n) is 10.7. The molecule has 3 aromatic rings. The molecule has 2 aromatic carbocycles. The summed E-state index contributed by atoms with van der Waals surface area (Å²) in [6, 6.07) is 15.6. The summed E-state index contributed by atoms with van der Waals surface area (Å²) in [5, 5.41) is 9.91. The fraction of sp³-hybridized carbons (Fsp3) is 0.417. The minimum Gasteiger partial charge on any atom is -0.311 e. The molecule has 0 spiro atoms. The number of hydrogen-bond acceptors (Lipinski definition) is 4. The third-order valence-corrected chi connectivity index (χ3v) is 6.43. The number of anilines is 2. The largest absolute Gasteiger partial charge is 0.311 e. The number of H-pyrrole nitrogens is 1. The highest BCUT2D eigenvalue weighted by Crippen LogP contribution is 2.27. The number of carbonyl (C=O) groups excluding carboxylic acids is 1. The SMILES string of the molecule is C.CC.CCCS(=O)(=O)N(CC)c1ccc2[nH]nc(NC=O)c2c1.CCc1ccccc1. The molecule has 3 rings (SSSR count). The van der Waals surface area contributed by atoms with Crippen LogP contribution in [-0.4, -0.2) is 37.3 Å². The van der Waals surface area contributed by atoms with Crippen molar-refractivity contribution in [3.63, 3.8) is 0 Å². The van der Waals surface area contributed by atoms with E-state index < -0.39 is 10.0 Å². The third kappa shape index (κ3) is 8.00. The lowest BCUT2D eigenvalue weighted by Crippen LogP contribution is -2.32. The van der Waals surface area contributed by atoms with Gasteiger partial charge >= 0.3 is 0 Å². The maximum absolute atomic E-state index is 12.3. The number of benzene rings is 2. The topological polar surface area (TPSA) is 95.2 Å². The molecule has 7 nitrogen and oxygen atoms in total. The van der Waals surface area contributed by atoms with Crippen LogP contribution in [0.4, 0.5) is 11.5 Å². The average molecular weight is 463 g/mol. The molecule has 0 aliphatic carbocycles. The second-order valence-corrected chi connectivity index (χ2v) is 8.40. The monoisotopic (exact) mass is 462 g/mol. The van der Waals surface area contributed by atoms with Crippen LogP contribution in [0.15, 0.2) is 48.5 Å². The molecule has 0 aliphatic heterocycles. The fourth-order valence-electron chi connectivity index (χ4n) is 2.94. The van der Waals surface area contributed by atoms with Crippen molar-refractivity contribution < 1.29 is 13.2 Å². The van der Waals surface area contributed by atoms with E-state index in [2.05, 4.69) is 46.7 Å². The van der Waals surface area contributed by atoms with Crippen molar-refractivity contribution in [2.24, 2.45) is 0 Å². The molecule has 0 unspecified atom stereocenters. The van der Waals surface area contributed by atoms with Crippen molar-refractivity contribution in [2.75, 3.05) is 21.9 Å². The smallest absolute Gasteiger partial charge is 0.235 e. The Morgan fingerprint density at radius 1 is 1.06 bits per heavy atom. The van der Waals surface area contributed by atoms with Crippen molar-refractivity contribution in [1.82, 2.24) is 10.2 Å². The Balaban J connectivity index is 0.000000734. The van der Waals surface area contributed by atoms with Gasteiger partial charge in [0.05, 0.1) is 17.0 Å². The first kappa shape index (κ1) is 29.1. The van der Waals surface area contributed by atoms with Gasteiger partial charge in [0, 0.05) is 11.9 Å². The number of amides is 1. The van der Waals surface area contributed by atoms with E-state index in [4.69, 9.17) is 0 Å². The Morgan fingerprint density at radius 3 is 2.22 bits per heavy atom. The number of sulfonamides is 1. The zero-order chi connectivity index (χ0) is 23.3. The van der Waals surface area contributed by atoms with E-state index in [9.17, 15) is 13.2 Å². The van der Waals surface area contributed by atoms with Crippen LogP contribution in [-0.2, 0) is 21.2 Å². The lowest BCUT2D eigenvalue weighted by atomic mass is 10.2. The number of aromatic amines is 1. The van der Waals surface area contributed by atoms with E-state index in [1.807, 2.05) is 26.8 Å². The highest BCUT2D eigenvalue weighted by atomic mass is 32.2. The van der Waals surface area contributed by atoms with Crippen LogP contribution in [0.2, 0.25) is 0 Å². The number of fused-ring (bicyclic) bond motifs is 1. The summed E-state index contributed by atoms with van der Waals surface area (Å²) in [4.78, 5) is 10.6. The molecule has 0 saturated carbocycles. The molecule has 32 heavy (non-hydrogen) atoms. The number of rotatable bonds is 8. The highest BCUT2D eigenvalue weighted by Gasteiger charge is 2.20. The first-order valence-corrected chi connectivity index (χ1v) is 12.3. The Hall–Kier alpha value is -2.87. The molecular weight excluding hydrogens is 424 g/mol. The van der Waals surface area contributed by atoms with E-state index >= 15 is 0 Å². The van der Waals surface area contributed by atoms with Crippen LogP contribution in [0.3, 0.4) is 0 Å². The number of nitrogens with zero attached hydrogens (tertiary/aromatic N) is 2. The maximum Gasteiger partial charge on any atom is 0.235 e. The summed E-state index contributed by atoms with van der Waals surface area (Å²) in [5.41, 5.74) is 2.70. The standard InChI is InChI=1S/C13H18N4O3S.C8H10.C2H6.CH4/c1-3-7-21(19,20)17(4-2)10-5-6-12-11(8-10)13(14-9-18)16-15-12;1-2-8-6-4-3-5-7-8;1-2;/h5-6,8-9H,3-4,7H2,1-2H3,(H2,14,15,16,18);3-7H,2H2,1H3;1-2H3;1H4. The van der Waals surface area contributed by atoms with E-state index in [1.165, 1.54) is 9.87 Å². The van der Waals surface area contributed by atoms with Gasteiger partial charge in [0.25, 0.3) is 0 Å². The number of carbonyl (C=O) groups is 1. The molecule has 0 radical (unpaired) electrons. The first-order chi connectivity index (χ1) is 15.0. The number of aryl methyl sites for hydroxylation is 1. The lowest BCUT2D eigenvalue weighted by molar-refractivity contribution is -0.105. The zero-order valence-electron chi connectivity index (χ0n) is 19.1. The van der Waals surface area contributed by atoms with Gasteiger partial charge in [-0.15, -0.1) is 0 Å². The highest BCUT2D eigenvalue weighted by molar-refractivity contribution is 7.92. The average Bonchev–Trinajstić information content (AvgIpc) is 3.19. The number of nitrogens with one attached hydrogen (secondary N) is 2. The van der Waals surface area contributed by atoms with Gasteiger partial charge in [-0.25, -0.2) is 8.42 Å². The van der Waals surface area contributed by atoms with Crippen LogP contribution < -0.4 is 9.62 Å². The zero-order valence-corrected chi connectivity index (χ0v) is 19.9. The van der Waals surface area contributed by atoms with Gasteiger partial charge in [-0.3, -0.25) is 14.2 Å². The lowest BCUT2D eigenvalue weighted by Gasteiger charge is -2.22. The van der Waals surface area contributed by atoms with Crippen LogP contribution in [0, 0.1) is 0 Å². The van der Waals surface area contributed by atoms with Crippen molar-refractivity contribution in [3.05, 3.63) is 54.1 Å². The van der Waals surface area contributed by atoms with Gasteiger partial charge in [0.1, 0.15) is 0 Å². The molecule has 8 heteroatoms. The normalized spacial score (nSPS) is 10.0. The van der Waals surface area contributed by atoms with Crippen molar-refractivity contribution in [3.8, 4) is 0 Å². The number of aromatic nitrogens is 2. The molecule has 0 saturated heterocycles. The van der Waals surface area contributed by atoms with Crippen LogP contribution in [0.5, 0.6) is 0 Å². The molecule has 1 amide bonds. The summed E-state index contributed by atoms with van der Waals surface area (Å²) in [7, 11) is -3.34. The van der Waals surface area contributed by atoms with E-state index in [-0.39, 0.29) is 13.2 Å². The molecule has 0 fully saturated rings. The Morgan fingerprint density at radius 2 is 1.72 bits per heavy atom. The molecule has 2 N–H and O–H groups in total. The Bertz CT molecular complexity index is 1020. The molecular formula is C24H38N4O3S. The van der Waals surface area contributed by atoms with Crippen molar-refractivity contribution in [2.45, 2.75) is 54.9 Å². The van der Waals surface area contributed by atoms with E-state index in [0.29, 0.717) is 36.3 Å². The van der Waals surface area contributed by atoms with Gasteiger partial charge in [0.15, 0.2) is 5.82 Å². The predicted molar refractivity (Wildman–Crippen MR) is 137 cm³/mol. The maximum atomic E-state index is 12.3. The second kappa shape index (κ2) is 15.0. The Kier molecular flexibility index (Phi) is 13.7. The summed E-state index contributed by atoms with van der Waals surface area (Å²) in [5.74, 6) is 0.481. The summed E-state index contributed by atoms with van der Waals surface area (Å²) in [6.07, 6.45) is 2.24.